The van der Waals surface area contributed by atoms with Gasteiger partial charge in [0.25, 0.3) is 5.91 Å². The molecule has 0 radical (unpaired) electrons. The monoisotopic (exact) mass is 328 g/mol. The lowest BCUT2D eigenvalue weighted by Crippen LogP contribution is -2.13. The van der Waals surface area contributed by atoms with E-state index in [-0.39, 0.29) is 10.7 Å². The Morgan fingerprint density at radius 3 is 2.32 bits per heavy atom. The minimum absolute atomic E-state index is 0.0277. The van der Waals surface area contributed by atoms with Gasteiger partial charge in [-0.15, -0.1) is 0 Å². The summed E-state index contributed by atoms with van der Waals surface area (Å²) in [5, 5.41) is 2.40. The number of carbonyl (C=O) groups is 1. The topological polar surface area (TPSA) is 55.1 Å². The highest BCUT2D eigenvalue weighted by Crippen LogP contribution is 2.33. The maximum Gasteiger partial charge on any atom is 0.416 e. The van der Waals surface area contributed by atoms with E-state index < -0.39 is 17.6 Å². The lowest BCUT2D eigenvalue weighted by atomic mass is 10.1. The molecule has 7 heteroatoms. The Kier molecular flexibility index (Phi) is 4.73. The molecule has 0 aromatic heterocycles. The molecule has 0 saturated heterocycles. The first-order chi connectivity index (χ1) is 10.3. The van der Waals surface area contributed by atoms with Crippen LogP contribution in [0.5, 0.6) is 0 Å². The van der Waals surface area contributed by atoms with Crippen molar-refractivity contribution in [2.24, 2.45) is 5.73 Å². The second-order valence-electron chi connectivity index (χ2n) is 4.55. The van der Waals surface area contributed by atoms with Crippen LogP contribution in [0.3, 0.4) is 0 Å². The second-order valence-corrected chi connectivity index (χ2v) is 4.95. The molecular weight excluding hydrogens is 317 g/mol. The quantitative estimate of drug-likeness (QED) is 0.892. The number of carbonyl (C=O) groups excluding carboxylic acids is 1. The number of halogens is 4. The number of hydrogen-bond donors (Lipinski definition) is 2. The summed E-state index contributed by atoms with van der Waals surface area (Å²) in [7, 11) is 0. The summed E-state index contributed by atoms with van der Waals surface area (Å²) < 4.78 is 38.0. The Morgan fingerprint density at radius 1 is 1.14 bits per heavy atom. The summed E-state index contributed by atoms with van der Waals surface area (Å²) in [5.41, 5.74) is 5.61. The van der Waals surface area contributed by atoms with Gasteiger partial charge in [0.1, 0.15) is 0 Å². The first kappa shape index (κ1) is 16.3. The van der Waals surface area contributed by atoms with Crippen molar-refractivity contribution in [3.8, 4) is 0 Å². The Hall–Kier alpha value is -2.05. The van der Waals surface area contributed by atoms with Crippen LogP contribution in [0.1, 0.15) is 21.5 Å². The Labute approximate surface area is 129 Å². The molecule has 0 atom stereocenters. The molecule has 0 unspecified atom stereocenters. The van der Waals surface area contributed by atoms with Crippen LogP contribution in [-0.4, -0.2) is 5.91 Å². The van der Waals surface area contributed by atoms with Gasteiger partial charge < -0.3 is 11.1 Å². The predicted molar refractivity (Wildman–Crippen MR) is 78.7 cm³/mol. The average Bonchev–Trinajstić information content (AvgIpc) is 2.48. The number of benzene rings is 2. The van der Waals surface area contributed by atoms with E-state index in [9.17, 15) is 18.0 Å². The highest BCUT2D eigenvalue weighted by molar-refractivity contribution is 6.34. The lowest BCUT2D eigenvalue weighted by Gasteiger charge is -2.12. The van der Waals surface area contributed by atoms with Gasteiger partial charge in [-0.1, -0.05) is 23.7 Å². The van der Waals surface area contributed by atoms with Crippen molar-refractivity contribution >= 4 is 23.2 Å². The lowest BCUT2D eigenvalue weighted by molar-refractivity contribution is -0.137. The third-order valence-corrected chi connectivity index (χ3v) is 3.32. The smallest absolute Gasteiger partial charge is 0.326 e. The molecular formula is C15H12ClF3N2O. The molecule has 0 fully saturated rings. The van der Waals surface area contributed by atoms with Crippen molar-refractivity contribution in [3.63, 3.8) is 0 Å². The third-order valence-electron chi connectivity index (χ3n) is 2.99. The first-order valence-corrected chi connectivity index (χ1v) is 6.66. The van der Waals surface area contributed by atoms with Crippen LogP contribution in [-0.2, 0) is 12.7 Å². The Bertz CT molecular complexity index is 684. The fourth-order valence-corrected chi connectivity index (χ4v) is 1.95. The van der Waals surface area contributed by atoms with Crippen molar-refractivity contribution in [1.29, 1.82) is 0 Å². The van der Waals surface area contributed by atoms with Gasteiger partial charge in [0.05, 0.1) is 16.3 Å². The predicted octanol–water partition coefficient (Wildman–Crippen LogP) is 4.07. The Balaban J connectivity index is 2.23. The van der Waals surface area contributed by atoms with Crippen molar-refractivity contribution in [2.45, 2.75) is 12.7 Å². The zero-order chi connectivity index (χ0) is 16.3. The van der Waals surface area contributed by atoms with E-state index in [1.165, 1.54) is 0 Å². The summed E-state index contributed by atoms with van der Waals surface area (Å²) in [6.07, 6.45) is -4.51. The van der Waals surface area contributed by atoms with E-state index in [0.717, 1.165) is 23.8 Å². The maximum absolute atomic E-state index is 12.7. The molecule has 2 aromatic carbocycles. The molecule has 116 valence electrons. The molecule has 2 rings (SSSR count). The van der Waals surface area contributed by atoms with Crippen molar-refractivity contribution < 1.29 is 18.0 Å². The molecule has 3 nitrogen and oxygen atoms in total. The number of nitrogens with one attached hydrogen (secondary N) is 1. The highest BCUT2D eigenvalue weighted by Gasteiger charge is 2.31. The standard InChI is InChI=1S/C15H12ClF3N2O/c16-12-6-5-11(15(17,18)19)7-13(12)21-14(22)10-3-1-9(8-20)2-4-10/h1-7H,8,20H2,(H,21,22). The molecule has 0 spiro atoms. The number of hydrogen-bond acceptors (Lipinski definition) is 2. The Morgan fingerprint density at radius 2 is 1.77 bits per heavy atom. The second kappa shape index (κ2) is 6.37. The van der Waals surface area contributed by atoms with Gasteiger partial charge >= 0.3 is 6.18 Å². The molecule has 3 N–H and O–H groups in total. The van der Waals surface area contributed by atoms with E-state index in [1.54, 1.807) is 24.3 Å². The molecule has 0 bridgehead atoms. The molecule has 0 aliphatic rings. The van der Waals surface area contributed by atoms with E-state index in [1.807, 2.05) is 0 Å². The summed E-state index contributed by atoms with van der Waals surface area (Å²) in [6, 6.07) is 9.17. The van der Waals surface area contributed by atoms with Crippen LogP contribution in [0.4, 0.5) is 18.9 Å². The zero-order valence-electron chi connectivity index (χ0n) is 11.2. The van der Waals surface area contributed by atoms with Gasteiger partial charge in [-0.05, 0) is 35.9 Å². The van der Waals surface area contributed by atoms with Gasteiger partial charge in [0, 0.05) is 12.1 Å². The van der Waals surface area contributed by atoms with Gasteiger partial charge in [-0.25, -0.2) is 0 Å². The average molecular weight is 329 g/mol. The van der Waals surface area contributed by atoms with Gasteiger partial charge in [0.2, 0.25) is 0 Å². The number of rotatable bonds is 3. The van der Waals surface area contributed by atoms with Gasteiger partial charge in [0.15, 0.2) is 0 Å². The molecule has 0 aliphatic heterocycles. The van der Waals surface area contributed by atoms with E-state index in [0.29, 0.717) is 12.1 Å². The number of nitrogens with two attached hydrogens (primary N) is 1. The normalized spacial score (nSPS) is 11.3. The highest BCUT2D eigenvalue weighted by atomic mass is 35.5. The molecule has 0 saturated carbocycles. The third kappa shape index (κ3) is 3.78. The molecule has 1 amide bonds. The summed E-state index contributed by atoms with van der Waals surface area (Å²) in [5.74, 6) is -0.551. The van der Waals surface area contributed by atoms with Crippen LogP contribution in [0.15, 0.2) is 42.5 Å². The minimum Gasteiger partial charge on any atom is -0.326 e. The zero-order valence-corrected chi connectivity index (χ0v) is 12.0. The van der Waals surface area contributed by atoms with Gasteiger partial charge in [-0.3, -0.25) is 4.79 Å². The van der Waals surface area contributed by atoms with E-state index in [2.05, 4.69) is 5.32 Å². The number of alkyl halides is 3. The molecule has 0 heterocycles. The van der Waals surface area contributed by atoms with Crippen LogP contribution < -0.4 is 11.1 Å². The minimum atomic E-state index is -4.51. The number of amides is 1. The fraction of sp³-hybridized carbons (Fsp3) is 0.133. The summed E-state index contributed by atoms with van der Waals surface area (Å²) in [4.78, 5) is 12.0. The van der Waals surface area contributed by atoms with Crippen molar-refractivity contribution in [1.82, 2.24) is 0 Å². The van der Waals surface area contributed by atoms with Gasteiger partial charge in [-0.2, -0.15) is 13.2 Å². The van der Waals surface area contributed by atoms with Crippen LogP contribution in [0, 0.1) is 0 Å². The number of anilines is 1. The fourth-order valence-electron chi connectivity index (χ4n) is 1.78. The SMILES string of the molecule is NCc1ccc(C(=O)Nc2cc(C(F)(F)F)ccc2Cl)cc1. The van der Waals surface area contributed by atoms with Crippen LogP contribution in [0.2, 0.25) is 5.02 Å². The maximum atomic E-state index is 12.7. The van der Waals surface area contributed by atoms with Crippen LogP contribution >= 0.6 is 11.6 Å². The summed E-state index contributed by atoms with van der Waals surface area (Å²) in [6.45, 7) is 0.335. The molecule has 2 aromatic rings. The van der Waals surface area contributed by atoms with Crippen molar-refractivity contribution in [3.05, 3.63) is 64.2 Å². The molecule has 22 heavy (non-hydrogen) atoms. The van der Waals surface area contributed by atoms with Crippen LogP contribution in [0.25, 0.3) is 0 Å². The van der Waals surface area contributed by atoms with Crippen molar-refractivity contribution in [2.75, 3.05) is 5.32 Å². The molecule has 0 aliphatic carbocycles. The largest absolute Gasteiger partial charge is 0.416 e. The van der Waals surface area contributed by atoms with E-state index in [4.69, 9.17) is 17.3 Å². The van der Waals surface area contributed by atoms with E-state index >= 15 is 0 Å². The first-order valence-electron chi connectivity index (χ1n) is 6.28. The summed E-state index contributed by atoms with van der Waals surface area (Å²) >= 11 is 5.83.